The van der Waals surface area contributed by atoms with Crippen LogP contribution in [0.2, 0.25) is 0 Å². The Labute approximate surface area is 124 Å². The van der Waals surface area contributed by atoms with Gasteiger partial charge in [-0.1, -0.05) is 0 Å². The number of sulfone groups is 1. The molecule has 2 N–H and O–H groups in total. The number of methoxy groups -OCH3 is 1. The summed E-state index contributed by atoms with van der Waals surface area (Å²) < 4.78 is 28.9. The lowest BCUT2D eigenvalue weighted by Crippen LogP contribution is -2.46. The molecule has 1 aliphatic rings. The Morgan fingerprint density at radius 3 is 2.85 bits per heavy atom. The van der Waals surface area contributed by atoms with E-state index in [1.54, 1.807) is 24.9 Å². The van der Waals surface area contributed by atoms with Crippen LogP contribution < -0.4 is 10.5 Å². The van der Waals surface area contributed by atoms with Gasteiger partial charge in [-0.3, -0.25) is 4.90 Å². The van der Waals surface area contributed by atoms with Crippen molar-refractivity contribution in [3.63, 3.8) is 0 Å². The van der Waals surface area contributed by atoms with Crippen molar-refractivity contribution in [2.45, 2.75) is 11.9 Å². The zero-order chi connectivity index (χ0) is 14.8. The lowest BCUT2D eigenvalue weighted by atomic mass is 10.1. The monoisotopic (exact) mass is 316 g/mol. The molecule has 0 radical (unpaired) electrons. The molecule has 0 spiro atoms. The maximum absolute atomic E-state index is 11.9. The summed E-state index contributed by atoms with van der Waals surface area (Å²) in [7, 11) is -1.49. The second-order valence-electron chi connectivity index (χ2n) is 4.94. The van der Waals surface area contributed by atoms with Crippen LogP contribution in [0.1, 0.15) is 5.56 Å². The third kappa shape index (κ3) is 3.80. The maximum Gasteiger partial charge on any atom is 0.164 e. The molecule has 1 aliphatic heterocycles. The zero-order valence-electron chi connectivity index (χ0n) is 11.7. The molecule has 20 heavy (non-hydrogen) atoms. The largest absolute Gasteiger partial charge is 0.497 e. The Morgan fingerprint density at radius 2 is 2.20 bits per heavy atom. The number of nitrogens with two attached hydrogens (primary N) is 1. The quantitative estimate of drug-likeness (QED) is 0.842. The number of nitrogen functional groups attached to an aromatic ring is 1. The normalized spacial score (nSPS) is 20.8. The molecule has 1 heterocycles. The summed E-state index contributed by atoms with van der Waals surface area (Å²) in [5.41, 5.74) is 7.44. The van der Waals surface area contributed by atoms with E-state index in [4.69, 9.17) is 10.5 Å². The first kappa shape index (κ1) is 15.5. The Hall–Kier alpha value is -0.920. The molecule has 0 aliphatic carbocycles. The Bertz CT molecular complexity index is 575. The smallest absolute Gasteiger partial charge is 0.164 e. The molecule has 1 saturated heterocycles. The molecule has 1 unspecified atom stereocenters. The summed E-state index contributed by atoms with van der Waals surface area (Å²) in [6, 6.07) is 5.52. The van der Waals surface area contributed by atoms with Crippen LogP contribution in [-0.2, 0) is 16.4 Å². The van der Waals surface area contributed by atoms with Crippen molar-refractivity contribution in [2.75, 3.05) is 37.1 Å². The average Bonchev–Trinajstić information content (AvgIpc) is 2.37. The average molecular weight is 316 g/mol. The molecule has 2 rings (SSSR count). The van der Waals surface area contributed by atoms with Crippen molar-refractivity contribution >= 4 is 27.3 Å². The van der Waals surface area contributed by atoms with Gasteiger partial charge in [0.2, 0.25) is 0 Å². The van der Waals surface area contributed by atoms with E-state index in [2.05, 4.69) is 0 Å². The second kappa shape index (κ2) is 6.24. The summed E-state index contributed by atoms with van der Waals surface area (Å²) in [5, 5.41) is -0.423. The molecule has 0 amide bonds. The van der Waals surface area contributed by atoms with Crippen molar-refractivity contribution in [3.05, 3.63) is 23.8 Å². The molecule has 1 fully saturated rings. The van der Waals surface area contributed by atoms with Crippen LogP contribution in [0.5, 0.6) is 5.75 Å². The molecule has 1 atom stereocenters. The minimum Gasteiger partial charge on any atom is -0.497 e. The first-order chi connectivity index (χ1) is 9.40. The van der Waals surface area contributed by atoms with E-state index in [9.17, 15) is 8.42 Å². The third-order valence-electron chi connectivity index (χ3n) is 3.29. The van der Waals surface area contributed by atoms with Gasteiger partial charge in [-0.15, -0.1) is 0 Å². The summed E-state index contributed by atoms with van der Waals surface area (Å²) in [5.74, 6) is 2.27. The van der Waals surface area contributed by atoms with Gasteiger partial charge in [0.15, 0.2) is 9.84 Å². The van der Waals surface area contributed by atoms with Gasteiger partial charge in [0.1, 0.15) is 11.1 Å². The van der Waals surface area contributed by atoms with E-state index < -0.39 is 15.2 Å². The lowest BCUT2D eigenvalue weighted by Gasteiger charge is -2.34. The summed E-state index contributed by atoms with van der Waals surface area (Å²) in [6.45, 7) is 1.33. The van der Waals surface area contributed by atoms with Gasteiger partial charge in [-0.05, 0) is 17.7 Å². The molecular formula is C13H20N2O3S2. The van der Waals surface area contributed by atoms with Crippen molar-refractivity contribution in [1.82, 2.24) is 4.90 Å². The number of thioether (sulfide) groups is 1. The lowest BCUT2D eigenvalue weighted by molar-refractivity contribution is 0.262. The van der Waals surface area contributed by atoms with E-state index in [0.29, 0.717) is 23.7 Å². The highest BCUT2D eigenvalue weighted by Crippen LogP contribution is 2.25. The van der Waals surface area contributed by atoms with Gasteiger partial charge < -0.3 is 10.5 Å². The predicted molar refractivity (Wildman–Crippen MR) is 83.8 cm³/mol. The molecule has 0 saturated carbocycles. The SMILES string of the molecule is COc1cc(N)cc(CN2CCSCC2S(C)(=O)=O)c1. The van der Waals surface area contributed by atoms with E-state index >= 15 is 0 Å². The molecule has 0 aromatic heterocycles. The predicted octanol–water partition coefficient (Wildman–Crippen LogP) is 1.20. The van der Waals surface area contributed by atoms with E-state index in [-0.39, 0.29) is 0 Å². The number of hydrogen-bond acceptors (Lipinski definition) is 6. The highest BCUT2D eigenvalue weighted by molar-refractivity contribution is 8.00. The van der Waals surface area contributed by atoms with Gasteiger partial charge in [-0.25, -0.2) is 8.42 Å². The van der Waals surface area contributed by atoms with Gasteiger partial charge >= 0.3 is 0 Å². The van der Waals surface area contributed by atoms with Crippen LogP contribution in [0.15, 0.2) is 18.2 Å². The van der Waals surface area contributed by atoms with E-state index in [1.807, 2.05) is 17.0 Å². The van der Waals surface area contributed by atoms with Crippen LogP contribution in [0.3, 0.4) is 0 Å². The summed E-state index contributed by atoms with van der Waals surface area (Å²) in [6.07, 6.45) is 1.30. The first-order valence-corrected chi connectivity index (χ1v) is 9.45. The minimum atomic E-state index is -3.08. The summed E-state index contributed by atoms with van der Waals surface area (Å²) in [4.78, 5) is 2.00. The second-order valence-corrected chi connectivity index (χ2v) is 8.30. The van der Waals surface area contributed by atoms with Crippen LogP contribution in [0, 0.1) is 0 Å². The molecule has 1 aromatic carbocycles. The number of hydrogen-bond donors (Lipinski definition) is 1. The number of ether oxygens (including phenoxy) is 1. The highest BCUT2D eigenvalue weighted by atomic mass is 32.2. The van der Waals surface area contributed by atoms with Crippen molar-refractivity contribution in [3.8, 4) is 5.75 Å². The van der Waals surface area contributed by atoms with Crippen LogP contribution in [0.25, 0.3) is 0 Å². The Kier molecular flexibility index (Phi) is 4.82. The fraction of sp³-hybridized carbons (Fsp3) is 0.538. The number of benzene rings is 1. The van der Waals surface area contributed by atoms with E-state index in [0.717, 1.165) is 17.9 Å². The van der Waals surface area contributed by atoms with Crippen molar-refractivity contribution < 1.29 is 13.2 Å². The van der Waals surface area contributed by atoms with Gasteiger partial charge in [0.25, 0.3) is 0 Å². The highest BCUT2D eigenvalue weighted by Gasteiger charge is 2.30. The molecule has 112 valence electrons. The van der Waals surface area contributed by atoms with Crippen LogP contribution in [-0.4, -0.2) is 50.1 Å². The standard InChI is InChI=1S/C13H20N2O3S2/c1-18-12-6-10(5-11(14)7-12)8-15-3-4-19-9-13(15)20(2,16)17/h5-7,13H,3-4,8-9,14H2,1-2H3. The number of anilines is 1. The Morgan fingerprint density at radius 1 is 1.45 bits per heavy atom. The Balaban J connectivity index is 2.21. The van der Waals surface area contributed by atoms with Crippen molar-refractivity contribution in [1.29, 1.82) is 0 Å². The number of rotatable bonds is 4. The molecule has 0 bridgehead atoms. The zero-order valence-corrected chi connectivity index (χ0v) is 13.3. The molecule has 7 heteroatoms. The van der Waals surface area contributed by atoms with Crippen LogP contribution >= 0.6 is 11.8 Å². The molecular weight excluding hydrogens is 296 g/mol. The minimum absolute atomic E-state index is 0.423. The van der Waals surface area contributed by atoms with Crippen molar-refractivity contribution in [2.24, 2.45) is 0 Å². The topological polar surface area (TPSA) is 72.6 Å². The van der Waals surface area contributed by atoms with E-state index in [1.165, 1.54) is 6.26 Å². The molecule has 1 aromatic rings. The van der Waals surface area contributed by atoms with Crippen LogP contribution in [0.4, 0.5) is 5.69 Å². The maximum atomic E-state index is 11.9. The fourth-order valence-electron chi connectivity index (χ4n) is 2.32. The first-order valence-electron chi connectivity index (χ1n) is 6.34. The molecule has 5 nitrogen and oxygen atoms in total. The van der Waals surface area contributed by atoms with Gasteiger partial charge in [-0.2, -0.15) is 11.8 Å². The number of nitrogens with zero attached hydrogens (tertiary/aromatic N) is 1. The van der Waals surface area contributed by atoms with Gasteiger partial charge in [0, 0.05) is 42.6 Å². The van der Waals surface area contributed by atoms with Gasteiger partial charge in [0.05, 0.1) is 7.11 Å². The summed E-state index contributed by atoms with van der Waals surface area (Å²) >= 11 is 1.68. The fourth-order valence-corrected chi connectivity index (χ4v) is 5.26. The third-order valence-corrected chi connectivity index (χ3v) is 5.98.